The van der Waals surface area contributed by atoms with E-state index in [1.165, 1.54) is 12.1 Å². The number of benzene rings is 2. The molecule has 0 aromatic heterocycles. The van der Waals surface area contributed by atoms with Gasteiger partial charge in [-0.1, -0.05) is 11.6 Å². The summed E-state index contributed by atoms with van der Waals surface area (Å²) in [7, 11) is 0. The summed E-state index contributed by atoms with van der Waals surface area (Å²) in [5.41, 5.74) is 0.478. The largest absolute Gasteiger partial charge is 0.494 e. The van der Waals surface area contributed by atoms with Gasteiger partial charge < -0.3 is 19.5 Å². The first-order valence-corrected chi connectivity index (χ1v) is 8.18. The van der Waals surface area contributed by atoms with Crippen molar-refractivity contribution in [3.63, 3.8) is 0 Å². The summed E-state index contributed by atoms with van der Waals surface area (Å²) in [5.74, 6) is 0.486. The van der Waals surface area contributed by atoms with Crippen LogP contribution in [0.1, 0.15) is 13.8 Å². The Balaban J connectivity index is 2.04. The molecular weight excluding hydrogens is 349 g/mol. The fraction of sp³-hybridized carbons (Fsp3) is 0.278. The highest BCUT2D eigenvalue weighted by Gasteiger charge is 2.11. The third-order valence-electron chi connectivity index (χ3n) is 3.09. The van der Waals surface area contributed by atoms with Crippen LogP contribution in [-0.2, 0) is 4.79 Å². The molecule has 7 heteroatoms. The molecule has 0 heterocycles. The van der Waals surface area contributed by atoms with Gasteiger partial charge >= 0.3 is 0 Å². The van der Waals surface area contributed by atoms with Gasteiger partial charge in [-0.05, 0) is 44.2 Å². The predicted octanol–water partition coefficient (Wildman–Crippen LogP) is 4.29. The van der Waals surface area contributed by atoms with E-state index in [1.807, 2.05) is 13.8 Å². The topological polar surface area (TPSA) is 56.8 Å². The van der Waals surface area contributed by atoms with Crippen LogP contribution in [0.3, 0.4) is 0 Å². The van der Waals surface area contributed by atoms with Crippen LogP contribution in [0.2, 0.25) is 5.02 Å². The molecule has 0 atom stereocenters. The molecule has 5 nitrogen and oxygen atoms in total. The van der Waals surface area contributed by atoms with Gasteiger partial charge in [0.1, 0.15) is 23.1 Å². The Morgan fingerprint density at radius 1 is 1.04 bits per heavy atom. The molecule has 0 fully saturated rings. The SMILES string of the molecule is CCOc1ccc(OCC)c(NC(=O)COc2ccc(F)cc2Cl)c1. The number of carbonyl (C=O) groups excluding carboxylic acids is 1. The van der Waals surface area contributed by atoms with Gasteiger partial charge in [0, 0.05) is 6.07 Å². The van der Waals surface area contributed by atoms with E-state index in [2.05, 4.69) is 5.32 Å². The van der Waals surface area contributed by atoms with E-state index in [0.717, 1.165) is 6.07 Å². The Kier molecular flexibility index (Phi) is 6.89. The number of carbonyl (C=O) groups is 1. The third-order valence-corrected chi connectivity index (χ3v) is 3.38. The van der Waals surface area contributed by atoms with Crippen molar-refractivity contribution in [3.05, 3.63) is 47.2 Å². The van der Waals surface area contributed by atoms with E-state index in [-0.39, 0.29) is 17.4 Å². The van der Waals surface area contributed by atoms with E-state index in [4.69, 9.17) is 25.8 Å². The van der Waals surface area contributed by atoms with Crippen LogP contribution < -0.4 is 19.5 Å². The quantitative estimate of drug-likeness (QED) is 0.756. The van der Waals surface area contributed by atoms with Crippen molar-refractivity contribution in [1.82, 2.24) is 0 Å². The highest BCUT2D eigenvalue weighted by atomic mass is 35.5. The van der Waals surface area contributed by atoms with E-state index in [9.17, 15) is 9.18 Å². The zero-order chi connectivity index (χ0) is 18.2. The average Bonchev–Trinajstić information content (AvgIpc) is 2.57. The Bertz CT molecular complexity index is 739. The minimum Gasteiger partial charge on any atom is -0.494 e. The van der Waals surface area contributed by atoms with Crippen molar-refractivity contribution in [1.29, 1.82) is 0 Å². The molecule has 0 saturated carbocycles. The van der Waals surface area contributed by atoms with Gasteiger partial charge in [-0.25, -0.2) is 4.39 Å². The summed E-state index contributed by atoms with van der Waals surface area (Å²) < 4.78 is 29.2. The molecule has 2 aromatic rings. The summed E-state index contributed by atoms with van der Waals surface area (Å²) in [5, 5.41) is 2.81. The molecule has 1 N–H and O–H groups in total. The zero-order valence-electron chi connectivity index (χ0n) is 14.0. The van der Waals surface area contributed by atoms with Crippen LogP contribution in [0.25, 0.3) is 0 Å². The molecule has 0 spiro atoms. The Morgan fingerprint density at radius 3 is 2.44 bits per heavy atom. The monoisotopic (exact) mass is 367 g/mol. The number of halogens is 2. The predicted molar refractivity (Wildman–Crippen MR) is 94.3 cm³/mol. The number of anilines is 1. The number of amides is 1. The van der Waals surface area contributed by atoms with Crippen LogP contribution in [-0.4, -0.2) is 25.7 Å². The summed E-state index contributed by atoms with van der Waals surface area (Å²) in [6.07, 6.45) is 0. The minimum absolute atomic E-state index is 0.0983. The van der Waals surface area contributed by atoms with Gasteiger partial charge in [0.25, 0.3) is 5.91 Å². The molecular formula is C18H19ClFNO4. The first kappa shape index (κ1) is 18.9. The third kappa shape index (κ3) is 5.53. The number of hydrogen-bond donors (Lipinski definition) is 1. The van der Waals surface area contributed by atoms with Crippen LogP contribution in [0.4, 0.5) is 10.1 Å². The fourth-order valence-corrected chi connectivity index (χ4v) is 2.29. The van der Waals surface area contributed by atoms with Gasteiger partial charge in [-0.2, -0.15) is 0 Å². The maximum absolute atomic E-state index is 13.0. The number of ether oxygens (including phenoxy) is 3. The maximum Gasteiger partial charge on any atom is 0.262 e. The van der Waals surface area contributed by atoms with E-state index in [1.54, 1.807) is 18.2 Å². The van der Waals surface area contributed by atoms with E-state index < -0.39 is 11.7 Å². The lowest BCUT2D eigenvalue weighted by atomic mass is 10.2. The molecule has 0 aliphatic heterocycles. The highest BCUT2D eigenvalue weighted by molar-refractivity contribution is 6.32. The zero-order valence-corrected chi connectivity index (χ0v) is 14.7. The normalized spacial score (nSPS) is 10.2. The van der Waals surface area contributed by atoms with Gasteiger partial charge in [-0.3, -0.25) is 4.79 Å². The molecule has 0 bridgehead atoms. The lowest BCUT2D eigenvalue weighted by molar-refractivity contribution is -0.118. The van der Waals surface area contributed by atoms with Crippen molar-refractivity contribution in [3.8, 4) is 17.2 Å². The smallest absolute Gasteiger partial charge is 0.262 e. The molecule has 1 amide bonds. The average molecular weight is 368 g/mol. The number of rotatable bonds is 8. The second-order valence-electron chi connectivity index (χ2n) is 4.94. The number of nitrogens with one attached hydrogen (secondary N) is 1. The van der Waals surface area contributed by atoms with Crippen molar-refractivity contribution in [2.45, 2.75) is 13.8 Å². The van der Waals surface area contributed by atoms with Crippen LogP contribution >= 0.6 is 11.6 Å². The molecule has 0 unspecified atom stereocenters. The highest BCUT2D eigenvalue weighted by Crippen LogP contribution is 2.30. The second kappa shape index (κ2) is 9.13. The summed E-state index contributed by atoms with van der Waals surface area (Å²) in [6, 6.07) is 8.86. The van der Waals surface area contributed by atoms with Gasteiger partial charge in [0.2, 0.25) is 0 Å². The standard InChI is InChI=1S/C18H19ClFNO4/c1-3-23-13-6-8-17(24-4-2)15(10-13)21-18(22)11-25-16-7-5-12(20)9-14(16)19/h5-10H,3-4,11H2,1-2H3,(H,21,22). The molecule has 0 aliphatic carbocycles. The van der Waals surface area contributed by atoms with Crippen molar-refractivity contribution >= 4 is 23.2 Å². The molecule has 25 heavy (non-hydrogen) atoms. The van der Waals surface area contributed by atoms with Crippen LogP contribution in [0, 0.1) is 5.82 Å². The van der Waals surface area contributed by atoms with Crippen molar-refractivity contribution < 1.29 is 23.4 Å². The summed E-state index contributed by atoms with van der Waals surface area (Å²) in [6.45, 7) is 4.40. The molecule has 2 rings (SSSR count). The van der Waals surface area contributed by atoms with E-state index in [0.29, 0.717) is 30.4 Å². The molecule has 0 aliphatic rings. The first-order valence-electron chi connectivity index (χ1n) is 7.80. The minimum atomic E-state index is -0.476. The fourth-order valence-electron chi connectivity index (χ4n) is 2.07. The number of hydrogen-bond acceptors (Lipinski definition) is 4. The van der Waals surface area contributed by atoms with Crippen molar-refractivity contribution in [2.24, 2.45) is 0 Å². The molecule has 0 radical (unpaired) electrons. The van der Waals surface area contributed by atoms with Crippen molar-refractivity contribution in [2.75, 3.05) is 25.1 Å². The Morgan fingerprint density at radius 2 is 1.76 bits per heavy atom. The first-order chi connectivity index (χ1) is 12.0. The van der Waals surface area contributed by atoms with E-state index >= 15 is 0 Å². The Hall–Kier alpha value is -2.47. The molecule has 0 saturated heterocycles. The summed E-state index contributed by atoms with van der Waals surface area (Å²) >= 11 is 5.86. The molecule has 134 valence electrons. The van der Waals surface area contributed by atoms with Gasteiger partial charge in [0.05, 0.1) is 23.9 Å². The summed E-state index contributed by atoms with van der Waals surface area (Å²) in [4.78, 5) is 12.1. The Labute approximate surface area is 150 Å². The lowest BCUT2D eigenvalue weighted by Gasteiger charge is -2.14. The van der Waals surface area contributed by atoms with Crippen LogP contribution in [0.5, 0.6) is 17.2 Å². The maximum atomic E-state index is 13.0. The van der Waals surface area contributed by atoms with Crippen LogP contribution in [0.15, 0.2) is 36.4 Å². The lowest BCUT2D eigenvalue weighted by Crippen LogP contribution is -2.20. The van der Waals surface area contributed by atoms with Gasteiger partial charge in [-0.15, -0.1) is 0 Å². The van der Waals surface area contributed by atoms with Gasteiger partial charge in [0.15, 0.2) is 6.61 Å². The second-order valence-corrected chi connectivity index (χ2v) is 5.34. The molecule has 2 aromatic carbocycles.